The molecule has 0 aliphatic rings. The molecule has 250 valence electrons. The number of benzene rings is 5. The van der Waals surface area contributed by atoms with Crippen LogP contribution in [0, 0.1) is 0 Å². The van der Waals surface area contributed by atoms with E-state index >= 15 is 0 Å². The van der Waals surface area contributed by atoms with Crippen molar-refractivity contribution in [3.05, 3.63) is 162 Å². The summed E-state index contributed by atoms with van der Waals surface area (Å²) in [6.45, 7) is 0. The first-order valence-corrected chi connectivity index (χ1v) is 16.7. The average Bonchev–Trinajstić information content (AvgIpc) is 3.11. The highest BCUT2D eigenvalue weighted by Crippen LogP contribution is 2.26. The van der Waals surface area contributed by atoms with E-state index in [1.807, 2.05) is 0 Å². The van der Waals surface area contributed by atoms with Gasteiger partial charge in [-0.2, -0.15) is 10.2 Å². The molecule has 14 heteroatoms. The molecule has 5 rings (SSSR count). The van der Waals surface area contributed by atoms with E-state index in [0.29, 0.717) is 41.2 Å². The van der Waals surface area contributed by atoms with Crippen molar-refractivity contribution >= 4 is 91.2 Å². The zero-order valence-electron chi connectivity index (χ0n) is 25.4. The summed E-state index contributed by atoms with van der Waals surface area (Å²) in [4.78, 5) is 51.7. The fourth-order valence-corrected chi connectivity index (χ4v) is 5.24. The van der Waals surface area contributed by atoms with E-state index in [1.54, 1.807) is 84.9 Å². The maximum Gasteiger partial charge on any atom is 0.344 e. The zero-order chi connectivity index (χ0) is 35.6. The number of hydrogen-bond donors (Lipinski definition) is 2. The molecule has 50 heavy (non-hydrogen) atoms. The van der Waals surface area contributed by atoms with Gasteiger partial charge in [-0.1, -0.05) is 67.2 Å². The van der Waals surface area contributed by atoms with E-state index in [4.69, 9.17) is 32.7 Å². The molecule has 0 aliphatic heterocycles. The van der Waals surface area contributed by atoms with E-state index < -0.39 is 23.8 Å². The molecule has 0 atom stereocenters. The van der Waals surface area contributed by atoms with Gasteiger partial charge in [-0.15, -0.1) is 0 Å². The summed E-state index contributed by atoms with van der Waals surface area (Å²) in [7, 11) is 0. The molecule has 0 aromatic heterocycles. The smallest absolute Gasteiger partial charge is 0.344 e. The van der Waals surface area contributed by atoms with Crippen molar-refractivity contribution in [2.45, 2.75) is 0 Å². The molecule has 0 radical (unpaired) electrons. The Morgan fingerprint density at radius 2 is 0.940 bits per heavy atom. The van der Waals surface area contributed by atoms with Crippen LogP contribution < -0.4 is 20.3 Å². The van der Waals surface area contributed by atoms with Crippen LogP contribution in [0.3, 0.4) is 0 Å². The molecule has 0 unspecified atom stereocenters. The van der Waals surface area contributed by atoms with Crippen molar-refractivity contribution < 1.29 is 28.7 Å². The first-order valence-electron chi connectivity index (χ1n) is 14.4. The minimum absolute atomic E-state index is 0.0677. The second kappa shape index (κ2) is 17.0. The maximum absolute atomic E-state index is 13.4. The fraction of sp³-hybridized carbons (Fsp3) is 0. The second-order valence-corrected chi connectivity index (χ2v) is 12.8. The van der Waals surface area contributed by atoms with Gasteiger partial charge in [0.05, 0.1) is 23.6 Å². The lowest BCUT2D eigenvalue weighted by atomic mass is 10.1. The summed E-state index contributed by atoms with van der Waals surface area (Å²) in [6, 6.07) is 28.2. The Hall–Kier alpha value is -5.14. The number of amides is 2. The monoisotopic (exact) mass is 834 g/mol. The lowest BCUT2D eigenvalue weighted by Crippen LogP contribution is -2.19. The van der Waals surface area contributed by atoms with Gasteiger partial charge in [-0.3, -0.25) is 9.59 Å². The second-order valence-electron chi connectivity index (χ2n) is 10.1. The van der Waals surface area contributed by atoms with Crippen LogP contribution in [0.25, 0.3) is 0 Å². The Morgan fingerprint density at radius 1 is 0.560 bits per heavy atom. The summed E-state index contributed by atoms with van der Waals surface area (Å²) in [5.74, 6) is -2.41. The third kappa shape index (κ3) is 9.73. The van der Waals surface area contributed by atoms with Crippen LogP contribution in [0.2, 0.25) is 10.0 Å². The van der Waals surface area contributed by atoms with Crippen molar-refractivity contribution in [2.75, 3.05) is 0 Å². The van der Waals surface area contributed by atoms with Gasteiger partial charge in [-0.05, 0) is 97.1 Å². The van der Waals surface area contributed by atoms with Gasteiger partial charge in [-0.25, -0.2) is 20.4 Å². The first kappa shape index (κ1) is 36.1. The maximum atomic E-state index is 13.4. The van der Waals surface area contributed by atoms with Crippen LogP contribution >= 0.6 is 55.1 Å². The summed E-state index contributed by atoms with van der Waals surface area (Å²) in [5, 5.41) is 8.96. The Morgan fingerprint density at radius 3 is 1.32 bits per heavy atom. The van der Waals surface area contributed by atoms with E-state index in [1.165, 1.54) is 36.7 Å². The Kier molecular flexibility index (Phi) is 12.3. The number of nitrogens with one attached hydrogen (secondary N) is 2. The van der Waals surface area contributed by atoms with Crippen LogP contribution in [0.1, 0.15) is 52.6 Å². The highest BCUT2D eigenvalue weighted by atomic mass is 79.9. The van der Waals surface area contributed by atoms with Crippen molar-refractivity contribution in [1.82, 2.24) is 10.9 Å². The fourth-order valence-electron chi connectivity index (χ4n) is 4.23. The van der Waals surface area contributed by atoms with Crippen LogP contribution in [0.15, 0.2) is 128 Å². The molecule has 5 aromatic rings. The van der Waals surface area contributed by atoms with Gasteiger partial charge < -0.3 is 9.47 Å². The van der Waals surface area contributed by atoms with Crippen LogP contribution in [0.4, 0.5) is 0 Å². The lowest BCUT2D eigenvalue weighted by molar-refractivity contribution is 0.0691. The van der Waals surface area contributed by atoms with Gasteiger partial charge >= 0.3 is 11.9 Å². The average molecular weight is 837 g/mol. The van der Waals surface area contributed by atoms with Gasteiger partial charge in [0.15, 0.2) is 0 Å². The summed E-state index contributed by atoms with van der Waals surface area (Å²) in [6.07, 6.45) is 2.63. The topological polar surface area (TPSA) is 136 Å². The molecule has 0 saturated carbocycles. The van der Waals surface area contributed by atoms with Crippen LogP contribution in [0.5, 0.6) is 11.5 Å². The van der Waals surface area contributed by atoms with Gasteiger partial charge in [0.2, 0.25) is 0 Å². The number of ether oxygens (including phenoxy) is 2. The van der Waals surface area contributed by atoms with Crippen molar-refractivity contribution in [3.8, 4) is 11.5 Å². The lowest BCUT2D eigenvalue weighted by Gasteiger charge is -2.12. The number of halogens is 4. The van der Waals surface area contributed by atoms with Gasteiger partial charge in [0.1, 0.15) is 11.5 Å². The third-order valence-electron chi connectivity index (χ3n) is 6.67. The first-order chi connectivity index (χ1) is 24.1. The van der Waals surface area contributed by atoms with Gasteiger partial charge in [0.25, 0.3) is 11.8 Å². The zero-order valence-corrected chi connectivity index (χ0v) is 30.1. The van der Waals surface area contributed by atoms with Crippen molar-refractivity contribution in [1.29, 1.82) is 0 Å². The van der Waals surface area contributed by atoms with E-state index in [-0.39, 0.29) is 22.6 Å². The molecule has 10 nitrogen and oxygen atoms in total. The van der Waals surface area contributed by atoms with Crippen molar-refractivity contribution in [2.24, 2.45) is 10.2 Å². The summed E-state index contributed by atoms with van der Waals surface area (Å²) >= 11 is 18.5. The van der Waals surface area contributed by atoms with Crippen LogP contribution in [-0.2, 0) is 0 Å². The highest BCUT2D eigenvalue weighted by Gasteiger charge is 2.22. The minimum atomic E-state index is -0.845. The predicted molar refractivity (Wildman–Crippen MR) is 198 cm³/mol. The number of hydrazone groups is 2. The molecular weight excluding hydrogens is 815 g/mol. The SMILES string of the molecule is O=C(NN=Cc1cc(Br)ccc1OC(=O)c1ccccc1C(=O)Oc1ccc(Br)cc1C=NNC(=O)c1ccc(Cl)cc1)c1ccc(Cl)cc1. The number of esters is 2. The molecule has 0 bridgehead atoms. The summed E-state index contributed by atoms with van der Waals surface area (Å²) in [5.41, 5.74) is 6.09. The van der Waals surface area contributed by atoms with E-state index in [9.17, 15) is 19.2 Å². The molecular formula is C36H22Br2Cl2N4O6. The molecule has 0 saturated heterocycles. The molecule has 2 amide bonds. The molecule has 0 aliphatic carbocycles. The van der Waals surface area contributed by atoms with Gasteiger partial charge in [0, 0.05) is 41.2 Å². The Labute approximate surface area is 312 Å². The molecule has 5 aromatic carbocycles. The number of carbonyl (C=O) groups excluding carboxylic acids is 4. The molecule has 0 fully saturated rings. The van der Waals surface area contributed by atoms with Crippen LogP contribution in [-0.4, -0.2) is 36.2 Å². The molecule has 0 heterocycles. The Balaban J connectivity index is 1.30. The number of nitrogens with zero attached hydrogens (tertiary/aromatic N) is 2. The normalized spacial score (nSPS) is 11.0. The quantitative estimate of drug-likeness (QED) is 0.0627. The summed E-state index contributed by atoms with van der Waals surface area (Å²) < 4.78 is 12.7. The molecule has 0 spiro atoms. The third-order valence-corrected chi connectivity index (χ3v) is 8.16. The number of rotatable bonds is 10. The Bertz CT molecular complexity index is 1990. The number of carbonyl (C=O) groups is 4. The standard InChI is InChI=1S/C36H22Br2Cl2N4O6/c37-25-9-15-31(23(17-25)19-41-43-33(45)21-5-11-27(39)12-6-21)49-35(47)29-3-1-2-4-30(29)36(48)50-32-16-10-26(38)18-24(32)20-42-44-34(46)22-7-13-28(40)14-8-22/h1-20H,(H,43,45)(H,44,46). The largest absolute Gasteiger partial charge is 0.422 e. The number of hydrogen-bond acceptors (Lipinski definition) is 8. The van der Waals surface area contributed by atoms with Crippen molar-refractivity contribution in [3.63, 3.8) is 0 Å². The molecule has 2 N–H and O–H groups in total. The minimum Gasteiger partial charge on any atom is -0.422 e. The van der Waals surface area contributed by atoms with E-state index in [0.717, 1.165) is 0 Å². The predicted octanol–water partition coefficient (Wildman–Crippen LogP) is 8.48. The highest BCUT2D eigenvalue weighted by molar-refractivity contribution is 9.10. The van der Waals surface area contributed by atoms with E-state index in [2.05, 4.69) is 52.9 Å².